The van der Waals surface area contributed by atoms with Crippen molar-refractivity contribution in [3.05, 3.63) is 100 Å². The van der Waals surface area contributed by atoms with Crippen LogP contribution in [0.3, 0.4) is 0 Å². The van der Waals surface area contributed by atoms with Gasteiger partial charge >= 0.3 is 0 Å². The molecule has 0 spiro atoms. The second kappa shape index (κ2) is 8.83. The van der Waals surface area contributed by atoms with Gasteiger partial charge in [0.2, 0.25) is 5.91 Å². The van der Waals surface area contributed by atoms with Gasteiger partial charge in [0.05, 0.1) is 15.6 Å². The standard InChI is InChI=1S/C23H18FN3O5S/c24-17-10-8-16(9-11-17)15-33(31,32)22-13-26(21-7-2-1-6-20(21)22)14-23(28)25-18-4-3-5-19(12-18)27(29)30/h1-13H,14-15H2,(H,25,28). The zero-order valence-electron chi connectivity index (χ0n) is 17.1. The molecule has 33 heavy (non-hydrogen) atoms. The van der Waals surface area contributed by atoms with Crippen molar-refractivity contribution in [2.45, 2.75) is 17.2 Å². The van der Waals surface area contributed by atoms with Crippen molar-refractivity contribution in [1.82, 2.24) is 4.57 Å². The van der Waals surface area contributed by atoms with Crippen LogP contribution < -0.4 is 5.32 Å². The lowest BCUT2D eigenvalue weighted by Gasteiger charge is -2.07. The van der Waals surface area contributed by atoms with Gasteiger partial charge in [0.15, 0.2) is 9.84 Å². The Morgan fingerprint density at radius 2 is 1.76 bits per heavy atom. The molecule has 0 saturated heterocycles. The van der Waals surface area contributed by atoms with E-state index in [9.17, 15) is 27.7 Å². The van der Waals surface area contributed by atoms with Gasteiger partial charge in [-0.25, -0.2) is 12.8 Å². The van der Waals surface area contributed by atoms with Crippen molar-refractivity contribution in [1.29, 1.82) is 0 Å². The number of halogens is 1. The SMILES string of the molecule is O=C(Cn1cc(S(=O)(=O)Cc2ccc(F)cc2)c2ccccc21)Nc1cccc([N+](=O)[O-])c1. The number of anilines is 1. The average Bonchev–Trinajstić information content (AvgIpc) is 3.15. The van der Waals surface area contributed by atoms with Crippen molar-refractivity contribution in [2.75, 3.05) is 5.32 Å². The van der Waals surface area contributed by atoms with Crippen LogP contribution in [0.25, 0.3) is 10.9 Å². The van der Waals surface area contributed by atoms with E-state index in [0.29, 0.717) is 16.5 Å². The van der Waals surface area contributed by atoms with Gasteiger partial charge in [-0.1, -0.05) is 36.4 Å². The quantitative estimate of drug-likeness (QED) is 0.322. The molecule has 3 aromatic carbocycles. The summed E-state index contributed by atoms with van der Waals surface area (Å²) in [6, 6.07) is 17.6. The average molecular weight is 467 g/mol. The lowest BCUT2D eigenvalue weighted by Crippen LogP contribution is -2.18. The van der Waals surface area contributed by atoms with E-state index in [1.807, 2.05) is 0 Å². The van der Waals surface area contributed by atoms with Crippen molar-refractivity contribution >= 4 is 38.0 Å². The number of rotatable bonds is 7. The summed E-state index contributed by atoms with van der Waals surface area (Å²) in [6.07, 6.45) is 1.40. The number of hydrogen-bond donors (Lipinski definition) is 1. The predicted octanol–water partition coefficient (Wildman–Crippen LogP) is 4.30. The van der Waals surface area contributed by atoms with E-state index >= 15 is 0 Å². The summed E-state index contributed by atoms with van der Waals surface area (Å²) in [7, 11) is -3.79. The van der Waals surface area contributed by atoms with Crippen LogP contribution in [0.5, 0.6) is 0 Å². The van der Waals surface area contributed by atoms with Crippen LogP contribution in [0.4, 0.5) is 15.8 Å². The number of nitro benzene ring substituents is 1. The largest absolute Gasteiger partial charge is 0.337 e. The number of nitrogens with zero attached hydrogens (tertiary/aromatic N) is 2. The normalized spacial score (nSPS) is 11.4. The molecule has 10 heteroatoms. The predicted molar refractivity (Wildman–Crippen MR) is 121 cm³/mol. The number of nitrogens with one attached hydrogen (secondary N) is 1. The van der Waals surface area contributed by atoms with Crippen molar-refractivity contribution in [2.24, 2.45) is 0 Å². The number of amides is 1. The minimum Gasteiger partial charge on any atom is -0.337 e. The minimum absolute atomic E-state index is 0.0607. The van der Waals surface area contributed by atoms with Gasteiger partial charge < -0.3 is 9.88 Å². The van der Waals surface area contributed by atoms with E-state index in [2.05, 4.69) is 5.32 Å². The number of hydrogen-bond acceptors (Lipinski definition) is 5. The van der Waals surface area contributed by atoms with Gasteiger partial charge in [-0.15, -0.1) is 0 Å². The Bertz CT molecular complexity index is 1460. The third-order valence-corrected chi connectivity index (χ3v) is 6.72. The first-order valence-electron chi connectivity index (χ1n) is 9.82. The van der Waals surface area contributed by atoms with Crippen LogP contribution in [0.15, 0.2) is 83.9 Å². The number of benzene rings is 3. The van der Waals surface area contributed by atoms with Crippen LogP contribution in [-0.2, 0) is 26.9 Å². The molecule has 0 atom stereocenters. The molecule has 0 bridgehead atoms. The molecule has 168 valence electrons. The molecular formula is C23H18FN3O5S. The third kappa shape index (κ3) is 4.90. The highest BCUT2D eigenvalue weighted by Crippen LogP contribution is 2.28. The van der Waals surface area contributed by atoms with E-state index in [1.54, 1.807) is 24.3 Å². The number of nitro groups is 1. The second-order valence-corrected chi connectivity index (χ2v) is 9.34. The maximum Gasteiger partial charge on any atom is 0.271 e. The molecule has 0 saturated carbocycles. The topological polar surface area (TPSA) is 111 Å². The monoisotopic (exact) mass is 467 g/mol. The highest BCUT2D eigenvalue weighted by atomic mass is 32.2. The Morgan fingerprint density at radius 1 is 1.03 bits per heavy atom. The smallest absolute Gasteiger partial charge is 0.271 e. The molecule has 1 heterocycles. The van der Waals surface area contributed by atoms with Gasteiger partial charge in [0.1, 0.15) is 12.4 Å². The number of fused-ring (bicyclic) bond motifs is 1. The van der Waals surface area contributed by atoms with Gasteiger partial charge in [-0.2, -0.15) is 0 Å². The number of carbonyl (C=O) groups is 1. The van der Waals surface area contributed by atoms with E-state index in [1.165, 1.54) is 59.3 Å². The number of non-ortho nitro benzene ring substituents is 1. The van der Waals surface area contributed by atoms with Gasteiger partial charge in [-0.3, -0.25) is 14.9 Å². The molecule has 1 N–H and O–H groups in total. The number of sulfone groups is 1. The van der Waals surface area contributed by atoms with Crippen LogP contribution in [0, 0.1) is 15.9 Å². The van der Waals surface area contributed by atoms with E-state index in [-0.39, 0.29) is 28.6 Å². The summed E-state index contributed by atoms with van der Waals surface area (Å²) in [5.74, 6) is -1.25. The lowest BCUT2D eigenvalue weighted by molar-refractivity contribution is -0.384. The fraction of sp³-hybridized carbons (Fsp3) is 0.0870. The van der Waals surface area contributed by atoms with E-state index in [4.69, 9.17) is 0 Å². The van der Waals surface area contributed by atoms with E-state index < -0.39 is 26.5 Å². The van der Waals surface area contributed by atoms with Crippen molar-refractivity contribution < 1.29 is 22.5 Å². The Kier molecular flexibility index (Phi) is 5.93. The van der Waals surface area contributed by atoms with Crippen LogP contribution in [0.1, 0.15) is 5.56 Å². The number of aromatic nitrogens is 1. The third-order valence-electron chi connectivity index (χ3n) is 5.01. The number of para-hydroxylation sites is 1. The van der Waals surface area contributed by atoms with Crippen LogP contribution in [0.2, 0.25) is 0 Å². The molecule has 0 aliphatic heterocycles. The summed E-state index contributed by atoms with van der Waals surface area (Å²) >= 11 is 0. The molecule has 0 aliphatic carbocycles. The molecule has 1 amide bonds. The molecular weight excluding hydrogens is 449 g/mol. The molecule has 1 aromatic heterocycles. The molecule has 0 aliphatic rings. The first-order chi connectivity index (χ1) is 15.7. The molecule has 4 aromatic rings. The summed E-state index contributed by atoms with van der Waals surface area (Å²) in [5.41, 5.74) is 1.09. The maximum absolute atomic E-state index is 13.2. The Labute approximate surface area is 188 Å². The zero-order chi connectivity index (χ0) is 23.6. The Hall–Kier alpha value is -4.05. The zero-order valence-corrected chi connectivity index (χ0v) is 18.0. The fourth-order valence-corrected chi connectivity index (χ4v) is 5.10. The summed E-state index contributed by atoms with van der Waals surface area (Å²) in [6.45, 7) is -0.199. The van der Waals surface area contributed by atoms with Crippen LogP contribution >= 0.6 is 0 Å². The van der Waals surface area contributed by atoms with Gasteiger partial charge in [0, 0.05) is 34.9 Å². The lowest BCUT2D eigenvalue weighted by atomic mass is 10.2. The second-order valence-electron chi connectivity index (χ2n) is 7.38. The Balaban J connectivity index is 1.62. The van der Waals surface area contributed by atoms with Gasteiger partial charge in [-0.05, 0) is 29.8 Å². The first kappa shape index (κ1) is 22.2. The summed E-state index contributed by atoms with van der Waals surface area (Å²) in [5, 5.41) is 14.0. The fourth-order valence-electron chi connectivity index (χ4n) is 3.52. The van der Waals surface area contributed by atoms with Gasteiger partial charge in [0.25, 0.3) is 5.69 Å². The summed E-state index contributed by atoms with van der Waals surface area (Å²) in [4.78, 5) is 23.0. The molecule has 4 rings (SSSR count). The highest BCUT2D eigenvalue weighted by Gasteiger charge is 2.22. The first-order valence-corrected chi connectivity index (χ1v) is 11.5. The molecule has 0 radical (unpaired) electrons. The number of carbonyl (C=O) groups excluding carboxylic acids is 1. The van der Waals surface area contributed by atoms with Crippen LogP contribution in [-0.4, -0.2) is 23.8 Å². The Morgan fingerprint density at radius 3 is 2.48 bits per heavy atom. The highest BCUT2D eigenvalue weighted by molar-refractivity contribution is 7.90. The van der Waals surface area contributed by atoms with E-state index in [0.717, 1.165) is 0 Å². The maximum atomic E-state index is 13.2. The van der Waals surface area contributed by atoms with Crippen molar-refractivity contribution in [3.8, 4) is 0 Å². The molecule has 8 nitrogen and oxygen atoms in total. The minimum atomic E-state index is -3.79. The summed E-state index contributed by atoms with van der Waals surface area (Å²) < 4.78 is 40.9. The molecule has 0 unspecified atom stereocenters. The van der Waals surface area contributed by atoms with Crippen molar-refractivity contribution in [3.63, 3.8) is 0 Å². The molecule has 0 fully saturated rings.